The summed E-state index contributed by atoms with van der Waals surface area (Å²) in [6.45, 7) is 13.1. The van der Waals surface area contributed by atoms with Crippen LogP contribution in [0, 0.1) is 0 Å². The van der Waals surface area contributed by atoms with Gasteiger partial charge in [-0.3, -0.25) is 0 Å². The normalized spacial score (nSPS) is 24.5. The van der Waals surface area contributed by atoms with Gasteiger partial charge in [-0.1, -0.05) is 25.7 Å². The molecule has 0 saturated heterocycles. The molecule has 1 heterocycles. The first-order valence-electron chi connectivity index (χ1n) is 8.04. The third kappa shape index (κ3) is 7.19. The number of nitrogens with one attached hydrogen (secondary N) is 2. The van der Waals surface area contributed by atoms with Crippen molar-refractivity contribution < 1.29 is 10.0 Å². The van der Waals surface area contributed by atoms with Gasteiger partial charge < -0.3 is 15.3 Å². The first-order chi connectivity index (χ1) is 10.0. The van der Waals surface area contributed by atoms with Gasteiger partial charge >= 0.3 is 0 Å². The summed E-state index contributed by atoms with van der Waals surface area (Å²) in [7, 11) is 0. The van der Waals surface area contributed by atoms with E-state index in [0.29, 0.717) is 18.2 Å². The molecule has 118 valence electrons. The van der Waals surface area contributed by atoms with Crippen molar-refractivity contribution in [3.05, 3.63) is 48.0 Å². The molecule has 0 saturated carbocycles. The van der Waals surface area contributed by atoms with Crippen LogP contribution in [0.5, 0.6) is 0 Å². The zero-order valence-electron chi connectivity index (χ0n) is 13.8. The summed E-state index contributed by atoms with van der Waals surface area (Å²) in [5.41, 5.74) is 2.22. The highest BCUT2D eigenvalue weighted by molar-refractivity contribution is 5.19. The van der Waals surface area contributed by atoms with Crippen molar-refractivity contribution in [3.8, 4) is 0 Å². The summed E-state index contributed by atoms with van der Waals surface area (Å²) < 4.78 is 0. The fraction of sp³-hybridized carbons (Fsp3) is 0.556. The van der Waals surface area contributed by atoms with Crippen LogP contribution in [0.2, 0.25) is 0 Å². The largest absolute Gasteiger partial charge is 0.512 e. The van der Waals surface area contributed by atoms with Crippen molar-refractivity contribution in [2.45, 2.75) is 52.5 Å². The average molecular weight is 291 g/mol. The molecule has 0 aromatic carbocycles. The summed E-state index contributed by atoms with van der Waals surface area (Å²) in [5.74, 6) is 0.424. The molecule has 0 bridgehead atoms. The molecule has 1 atom stereocenters. The summed E-state index contributed by atoms with van der Waals surface area (Å²) in [6, 6.07) is 0.639. The first kappa shape index (κ1) is 17.6. The molecule has 3 heteroatoms. The van der Waals surface area contributed by atoms with Crippen LogP contribution in [0.4, 0.5) is 0 Å². The van der Waals surface area contributed by atoms with E-state index in [4.69, 9.17) is 0 Å². The smallest absolute Gasteiger partial charge is 0.0963 e. The second-order valence-corrected chi connectivity index (χ2v) is 6.08. The molecule has 0 radical (unpaired) electrons. The number of quaternary nitrogens is 1. The molecule has 3 nitrogen and oxygen atoms in total. The van der Waals surface area contributed by atoms with E-state index < -0.39 is 0 Å². The predicted octanol–water partition coefficient (Wildman–Crippen LogP) is 2.86. The highest BCUT2D eigenvalue weighted by atomic mass is 16.3. The Hall–Kier alpha value is -1.48. The van der Waals surface area contributed by atoms with Gasteiger partial charge in [-0.25, -0.2) is 0 Å². The minimum absolute atomic E-state index is 0.424. The van der Waals surface area contributed by atoms with Crippen LogP contribution in [-0.2, 0) is 0 Å². The molecule has 1 unspecified atom stereocenters. The Labute approximate surface area is 129 Å². The van der Waals surface area contributed by atoms with Crippen molar-refractivity contribution in [3.63, 3.8) is 0 Å². The maximum Gasteiger partial charge on any atom is 0.0963 e. The maximum atomic E-state index is 9.96. The van der Waals surface area contributed by atoms with E-state index in [1.165, 1.54) is 18.5 Å². The monoisotopic (exact) mass is 291 g/mol. The predicted molar refractivity (Wildman–Crippen MR) is 90.2 cm³/mol. The lowest BCUT2D eigenvalue weighted by Crippen LogP contribution is -3.15. The zero-order chi connectivity index (χ0) is 15.7. The fourth-order valence-corrected chi connectivity index (χ4v) is 2.50. The molecule has 21 heavy (non-hydrogen) atoms. The van der Waals surface area contributed by atoms with Gasteiger partial charge in [-0.15, -0.1) is 0 Å². The van der Waals surface area contributed by atoms with Crippen LogP contribution in [0.25, 0.3) is 0 Å². The molecular formula is C18H31N2O+. The zero-order valence-corrected chi connectivity index (χ0v) is 13.8. The molecule has 0 aromatic heterocycles. The van der Waals surface area contributed by atoms with Gasteiger partial charge in [0.15, 0.2) is 0 Å². The lowest BCUT2D eigenvalue weighted by atomic mass is 10.1. The van der Waals surface area contributed by atoms with Crippen molar-refractivity contribution >= 4 is 0 Å². The Bertz CT molecular complexity index is 419. The highest BCUT2D eigenvalue weighted by Crippen LogP contribution is 2.13. The third-order valence-corrected chi connectivity index (χ3v) is 3.83. The van der Waals surface area contributed by atoms with Crippen LogP contribution < -0.4 is 10.2 Å². The molecule has 1 rings (SSSR count). The Morgan fingerprint density at radius 3 is 2.81 bits per heavy atom. The van der Waals surface area contributed by atoms with Gasteiger partial charge in [0.25, 0.3) is 0 Å². The van der Waals surface area contributed by atoms with E-state index in [2.05, 4.69) is 32.7 Å². The Kier molecular flexibility index (Phi) is 7.91. The topological polar surface area (TPSA) is 36.7 Å². The van der Waals surface area contributed by atoms with Gasteiger partial charge in [0.1, 0.15) is 0 Å². The van der Waals surface area contributed by atoms with Crippen LogP contribution in [0.1, 0.15) is 46.5 Å². The van der Waals surface area contributed by atoms with Crippen molar-refractivity contribution in [2.75, 3.05) is 13.1 Å². The minimum atomic E-state index is 0.424. The van der Waals surface area contributed by atoms with Gasteiger partial charge in [-0.05, 0) is 31.9 Å². The standard InChI is InChI=1S/C18H30N2O/c1-5-11-20(15(2)3)12-10-17-13-18(21)9-7-6-8-16(4)19-14-17/h6-7,9,14-15,19,21H,4-5,8,10-13H2,1-3H3/p+1/b7-6-,17-14-,18-9+. The number of aliphatic hydroxyl groups is 1. The molecule has 0 spiro atoms. The van der Waals surface area contributed by atoms with Crippen LogP contribution in [-0.4, -0.2) is 24.2 Å². The average Bonchev–Trinajstić information content (AvgIpc) is 2.44. The molecule has 3 N–H and O–H groups in total. The van der Waals surface area contributed by atoms with E-state index >= 15 is 0 Å². The van der Waals surface area contributed by atoms with Gasteiger partial charge in [0.2, 0.25) is 0 Å². The second-order valence-electron chi connectivity index (χ2n) is 6.08. The van der Waals surface area contributed by atoms with Crippen molar-refractivity contribution in [2.24, 2.45) is 0 Å². The molecule has 0 fully saturated rings. The van der Waals surface area contributed by atoms with E-state index in [1.54, 1.807) is 11.0 Å². The Morgan fingerprint density at radius 2 is 2.14 bits per heavy atom. The number of hydrogen-bond acceptors (Lipinski definition) is 2. The maximum absolute atomic E-state index is 9.96. The second kappa shape index (κ2) is 9.46. The quantitative estimate of drug-likeness (QED) is 0.704. The van der Waals surface area contributed by atoms with Crippen molar-refractivity contribution in [1.82, 2.24) is 5.32 Å². The first-order valence-corrected chi connectivity index (χ1v) is 8.04. The number of aliphatic hydroxyl groups excluding tert-OH is 1. The third-order valence-electron chi connectivity index (χ3n) is 3.83. The number of allylic oxidation sites excluding steroid dienone is 4. The number of hydrogen-bond donors (Lipinski definition) is 3. The molecule has 0 aromatic rings. The van der Waals surface area contributed by atoms with E-state index in [1.807, 2.05) is 18.4 Å². The van der Waals surface area contributed by atoms with Gasteiger partial charge in [-0.2, -0.15) is 0 Å². The van der Waals surface area contributed by atoms with E-state index in [-0.39, 0.29) is 0 Å². The van der Waals surface area contributed by atoms with Crippen molar-refractivity contribution in [1.29, 1.82) is 0 Å². The highest BCUT2D eigenvalue weighted by Gasteiger charge is 2.13. The molecular weight excluding hydrogens is 260 g/mol. The van der Waals surface area contributed by atoms with Crippen LogP contribution >= 0.6 is 0 Å². The van der Waals surface area contributed by atoms with E-state index in [9.17, 15) is 5.11 Å². The lowest BCUT2D eigenvalue weighted by molar-refractivity contribution is -0.921. The Balaban J connectivity index is 2.68. The summed E-state index contributed by atoms with van der Waals surface area (Å²) >= 11 is 0. The molecule has 0 aliphatic carbocycles. The SMILES string of the molecule is C=C1C/C=C\C=C(\O)C/C(CC[NH+](CCC)C(C)C)=C\N1. The number of rotatable bonds is 6. The van der Waals surface area contributed by atoms with E-state index in [0.717, 1.165) is 25.1 Å². The summed E-state index contributed by atoms with van der Waals surface area (Å²) in [5, 5.41) is 13.2. The molecule has 1 aliphatic heterocycles. The Morgan fingerprint density at radius 1 is 1.38 bits per heavy atom. The summed E-state index contributed by atoms with van der Waals surface area (Å²) in [6.07, 6.45) is 11.3. The fourth-order valence-electron chi connectivity index (χ4n) is 2.50. The lowest BCUT2D eigenvalue weighted by Gasteiger charge is -2.23. The van der Waals surface area contributed by atoms with Gasteiger partial charge in [0, 0.05) is 31.2 Å². The minimum Gasteiger partial charge on any atom is -0.512 e. The van der Waals surface area contributed by atoms with Crippen LogP contribution in [0.15, 0.2) is 48.0 Å². The molecule has 0 amide bonds. The van der Waals surface area contributed by atoms with Gasteiger partial charge in [0.05, 0.1) is 24.9 Å². The molecule has 1 aliphatic rings. The van der Waals surface area contributed by atoms with Crippen LogP contribution in [0.3, 0.4) is 0 Å². The summed E-state index contributed by atoms with van der Waals surface area (Å²) in [4.78, 5) is 1.62.